The van der Waals surface area contributed by atoms with Crippen LogP contribution in [-0.4, -0.2) is 42.3 Å². The van der Waals surface area contributed by atoms with Crippen LogP contribution >= 0.6 is 0 Å². The van der Waals surface area contributed by atoms with E-state index in [-0.39, 0.29) is 11.7 Å². The maximum Gasteiger partial charge on any atom is 0.410 e. The van der Waals surface area contributed by atoms with Crippen LogP contribution in [-0.2, 0) is 4.74 Å². The SMILES string of the molecule is CC(C)(C)OC(=O)N1CC[C@H]2CNCC[C@@H]21. The average molecular weight is 226 g/mol. The summed E-state index contributed by atoms with van der Waals surface area (Å²) in [5.41, 5.74) is -0.387. The topological polar surface area (TPSA) is 41.6 Å². The summed E-state index contributed by atoms with van der Waals surface area (Å²) in [5, 5.41) is 3.39. The van der Waals surface area contributed by atoms with Gasteiger partial charge >= 0.3 is 6.09 Å². The summed E-state index contributed by atoms with van der Waals surface area (Å²) in [4.78, 5) is 13.9. The predicted molar refractivity (Wildman–Crippen MR) is 62.3 cm³/mol. The molecule has 0 aromatic heterocycles. The maximum absolute atomic E-state index is 12.0. The first-order valence-corrected chi connectivity index (χ1v) is 6.18. The molecule has 2 rings (SSSR count). The van der Waals surface area contributed by atoms with E-state index < -0.39 is 0 Å². The zero-order valence-corrected chi connectivity index (χ0v) is 10.5. The normalized spacial score (nSPS) is 30.1. The zero-order valence-electron chi connectivity index (χ0n) is 10.5. The highest BCUT2D eigenvalue weighted by atomic mass is 16.6. The van der Waals surface area contributed by atoms with Crippen LogP contribution in [0.15, 0.2) is 0 Å². The molecule has 2 heterocycles. The minimum Gasteiger partial charge on any atom is -0.444 e. The maximum atomic E-state index is 12.0. The summed E-state index contributed by atoms with van der Waals surface area (Å²) < 4.78 is 5.44. The van der Waals surface area contributed by atoms with Gasteiger partial charge in [-0.1, -0.05) is 0 Å². The number of carbonyl (C=O) groups is 1. The van der Waals surface area contributed by atoms with Gasteiger partial charge in [0.05, 0.1) is 0 Å². The molecule has 2 saturated heterocycles. The number of likely N-dealkylation sites (tertiary alicyclic amines) is 1. The highest BCUT2D eigenvalue weighted by Crippen LogP contribution is 2.29. The van der Waals surface area contributed by atoms with Crippen LogP contribution in [0.5, 0.6) is 0 Å². The summed E-state index contributed by atoms with van der Waals surface area (Å²) in [6.07, 6.45) is 2.03. The van der Waals surface area contributed by atoms with Gasteiger partial charge in [-0.15, -0.1) is 0 Å². The molecule has 2 atom stereocenters. The van der Waals surface area contributed by atoms with Gasteiger partial charge in [-0.3, -0.25) is 0 Å². The van der Waals surface area contributed by atoms with Crippen molar-refractivity contribution in [2.24, 2.45) is 5.92 Å². The van der Waals surface area contributed by atoms with Crippen molar-refractivity contribution in [3.05, 3.63) is 0 Å². The van der Waals surface area contributed by atoms with Gasteiger partial charge in [0.2, 0.25) is 0 Å². The number of hydrogen-bond donors (Lipinski definition) is 1. The third kappa shape index (κ3) is 2.48. The second-order valence-corrected chi connectivity index (χ2v) is 5.78. The van der Waals surface area contributed by atoms with Crippen molar-refractivity contribution in [1.29, 1.82) is 0 Å². The number of fused-ring (bicyclic) bond motifs is 1. The van der Waals surface area contributed by atoms with Gasteiger partial charge in [0.15, 0.2) is 0 Å². The average Bonchev–Trinajstić information content (AvgIpc) is 2.58. The first-order chi connectivity index (χ1) is 7.47. The fraction of sp³-hybridized carbons (Fsp3) is 0.917. The molecule has 0 spiro atoms. The van der Waals surface area contributed by atoms with Gasteiger partial charge in [0.25, 0.3) is 0 Å². The van der Waals surface area contributed by atoms with Crippen LogP contribution in [0.2, 0.25) is 0 Å². The van der Waals surface area contributed by atoms with E-state index >= 15 is 0 Å². The lowest BCUT2D eigenvalue weighted by molar-refractivity contribution is 0.0189. The lowest BCUT2D eigenvalue weighted by atomic mass is 9.94. The quantitative estimate of drug-likeness (QED) is 0.682. The second kappa shape index (κ2) is 4.24. The summed E-state index contributed by atoms with van der Waals surface area (Å²) >= 11 is 0. The van der Waals surface area contributed by atoms with Gasteiger partial charge in [0.1, 0.15) is 5.60 Å². The Balaban J connectivity index is 1.97. The van der Waals surface area contributed by atoms with Crippen LogP contribution in [0.3, 0.4) is 0 Å². The first-order valence-electron chi connectivity index (χ1n) is 6.18. The molecule has 2 aliphatic rings. The minimum atomic E-state index is -0.387. The number of nitrogens with one attached hydrogen (secondary N) is 1. The van der Waals surface area contributed by atoms with E-state index in [0.29, 0.717) is 12.0 Å². The molecular weight excluding hydrogens is 204 g/mol. The van der Waals surface area contributed by atoms with Crippen molar-refractivity contribution in [3.63, 3.8) is 0 Å². The highest BCUT2D eigenvalue weighted by molar-refractivity contribution is 5.69. The molecule has 1 N–H and O–H groups in total. The highest BCUT2D eigenvalue weighted by Gasteiger charge is 2.39. The van der Waals surface area contributed by atoms with Crippen LogP contribution in [0, 0.1) is 5.92 Å². The lowest BCUT2D eigenvalue weighted by Gasteiger charge is -2.33. The first kappa shape index (κ1) is 11.7. The van der Waals surface area contributed by atoms with Gasteiger partial charge in [0, 0.05) is 12.6 Å². The van der Waals surface area contributed by atoms with Crippen molar-refractivity contribution < 1.29 is 9.53 Å². The number of carbonyl (C=O) groups excluding carboxylic acids is 1. The Bertz CT molecular complexity index is 273. The Morgan fingerprint density at radius 3 is 2.81 bits per heavy atom. The fourth-order valence-electron chi connectivity index (χ4n) is 2.63. The largest absolute Gasteiger partial charge is 0.444 e. The molecule has 0 aliphatic carbocycles. The number of nitrogens with zero attached hydrogens (tertiary/aromatic N) is 1. The number of rotatable bonds is 0. The molecule has 1 amide bonds. The summed E-state index contributed by atoms with van der Waals surface area (Å²) in [6.45, 7) is 8.67. The van der Waals surface area contributed by atoms with E-state index in [9.17, 15) is 4.79 Å². The van der Waals surface area contributed by atoms with Gasteiger partial charge < -0.3 is 15.0 Å². The summed E-state index contributed by atoms with van der Waals surface area (Å²) in [7, 11) is 0. The Morgan fingerprint density at radius 2 is 2.12 bits per heavy atom. The Hall–Kier alpha value is -0.770. The molecule has 92 valence electrons. The zero-order chi connectivity index (χ0) is 11.8. The van der Waals surface area contributed by atoms with E-state index in [1.807, 2.05) is 25.7 Å². The Kier molecular flexibility index (Phi) is 3.10. The van der Waals surface area contributed by atoms with Crippen molar-refractivity contribution in [3.8, 4) is 0 Å². The molecule has 0 aromatic carbocycles. The lowest BCUT2D eigenvalue weighted by Crippen LogP contribution is -2.47. The number of ether oxygens (including phenoxy) is 1. The van der Waals surface area contributed by atoms with Crippen LogP contribution in [0.25, 0.3) is 0 Å². The van der Waals surface area contributed by atoms with Gasteiger partial charge in [-0.2, -0.15) is 0 Å². The summed E-state index contributed by atoms with van der Waals surface area (Å²) in [6, 6.07) is 0.399. The molecule has 0 radical (unpaired) electrons. The molecule has 4 nitrogen and oxygen atoms in total. The third-order valence-electron chi connectivity index (χ3n) is 3.34. The van der Waals surface area contributed by atoms with Crippen LogP contribution in [0.1, 0.15) is 33.6 Å². The van der Waals surface area contributed by atoms with Crippen molar-refractivity contribution in [1.82, 2.24) is 10.2 Å². The van der Waals surface area contributed by atoms with E-state index in [1.54, 1.807) is 0 Å². The minimum absolute atomic E-state index is 0.137. The van der Waals surface area contributed by atoms with Gasteiger partial charge in [-0.25, -0.2) is 4.79 Å². The Labute approximate surface area is 97.3 Å². The van der Waals surface area contributed by atoms with Crippen molar-refractivity contribution >= 4 is 6.09 Å². The molecule has 16 heavy (non-hydrogen) atoms. The van der Waals surface area contributed by atoms with Crippen molar-refractivity contribution in [2.45, 2.75) is 45.3 Å². The molecule has 0 saturated carbocycles. The van der Waals surface area contributed by atoms with E-state index in [4.69, 9.17) is 4.74 Å². The second-order valence-electron chi connectivity index (χ2n) is 5.78. The van der Waals surface area contributed by atoms with E-state index in [1.165, 1.54) is 0 Å². The number of hydrogen-bond acceptors (Lipinski definition) is 3. The standard InChI is InChI=1S/C12H22N2O2/c1-12(2,3)16-11(15)14-7-5-9-8-13-6-4-10(9)14/h9-10,13H,4-8H2,1-3H3/t9-,10-/m0/s1. The number of piperidine rings is 1. The molecule has 2 aliphatic heterocycles. The molecule has 2 fully saturated rings. The van der Waals surface area contributed by atoms with Gasteiger partial charge in [-0.05, 0) is 52.6 Å². The molecular formula is C12H22N2O2. The third-order valence-corrected chi connectivity index (χ3v) is 3.34. The monoisotopic (exact) mass is 226 g/mol. The van der Waals surface area contributed by atoms with Crippen LogP contribution < -0.4 is 5.32 Å². The summed E-state index contributed by atoms with van der Waals surface area (Å²) in [5.74, 6) is 0.626. The van der Waals surface area contributed by atoms with Crippen LogP contribution in [0.4, 0.5) is 4.79 Å². The molecule has 0 bridgehead atoms. The molecule has 4 heteroatoms. The molecule has 0 aromatic rings. The molecule has 0 unspecified atom stereocenters. The van der Waals surface area contributed by atoms with E-state index in [0.717, 1.165) is 32.5 Å². The Morgan fingerprint density at radius 1 is 1.38 bits per heavy atom. The van der Waals surface area contributed by atoms with Crippen molar-refractivity contribution in [2.75, 3.05) is 19.6 Å². The van der Waals surface area contributed by atoms with E-state index in [2.05, 4.69) is 5.32 Å². The smallest absolute Gasteiger partial charge is 0.410 e. The predicted octanol–water partition coefficient (Wildman–Crippen LogP) is 1.61. The number of amides is 1. The fourth-order valence-corrected chi connectivity index (χ4v) is 2.63.